The van der Waals surface area contributed by atoms with Crippen molar-refractivity contribution in [3.63, 3.8) is 0 Å². The van der Waals surface area contributed by atoms with Crippen LogP contribution < -0.4 is 15.8 Å². The summed E-state index contributed by atoms with van der Waals surface area (Å²) in [5, 5.41) is 12.0. The van der Waals surface area contributed by atoms with Crippen LogP contribution in [0.5, 0.6) is 5.75 Å². The summed E-state index contributed by atoms with van der Waals surface area (Å²) in [6.45, 7) is 1.91. The molecule has 96 valence electrons. The van der Waals surface area contributed by atoms with Crippen LogP contribution in [0.15, 0.2) is 30.5 Å². The first-order valence-corrected chi connectivity index (χ1v) is 5.71. The van der Waals surface area contributed by atoms with Crippen molar-refractivity contribution in [2.24, 2.45) is 0 Å². The van der Waals surface area contributed by atoms with E-state index in [1.165, 1.54) is 0 Å². The molecule has 2 aromatic rings. The Hall–Kier alpha value is -2.74. The second-order valence-electron chi connectivity index (χ2n) is 4.08. The van der Waals surface area contributed by atoms with Gasteiger partial charge >= 0.3 is 0 Å². The van der Waals surface area contributed by atoms with Crippen LogP contribution in [-0.2, 0) is 0 Å². The normalized spacial score (nSPS) is 9.74. The highest BCUT2D eigenvalue weighted by atomic mass is 16.5. The molecule has 0 aliphatic carbocycles. The number of anilines is 3. The Morgan fingerprint density at radius 2 is 2.16 bits per heavy atom. The number of nitrogens with two attached hydrogens (primary N) is 1. The Kier molecular flexibility index (Phi) is 3.53. The highest BCUT2D eigenvalue weighted by Gasteiger charge is 2.06. The molecule has 0 saturated heterocycles. The maximum atomic E-state index is 8.85. The van der Waals surface area contributed by atoms with Crippen LogP contribution in [0.25, 0.3) is 0 Å². The molecule has 1 aromatic heterocycles. The van der Waals surface area contributed by atoms with Crippen LogP contribution in [0, 0.1) is 18.3 Å². The number of nitriles is 1. The molecular weight excluding hydrogens is 240 g/mol. The molecule has 1 heterocycles. The highest BCUT2D eigenvalue weighted by molar-refractivity contribution is 5.67. The minimum atomic E-state index is 0.545. The van der Waals surface area contributed by atoms with E-state index in [2.05, 4.69) is 16.4 Å². The number of hydrogen-bond acceptors (Lipinski definition) is 5. The number of aryl methyl sites for hydroxylation is 1. The molecule has 0 fully saturated rings. The van der Waals surface area contributed by atoms with Crippen molar-refractivity contribution >= 4 is 17.2 Å². The molecule has 5 nitrogen and oxygen atoms in total. The van der Waals surface area contributed by atoms with Gasteiger partial charge in [0.05, 0.1) is 36.3 Å². The number of methoxy groups -OCH3 is 1. The summed E-state index contributed by atoms with van der Waals surface area (Å²) in [5.41, 5.74) is 8.62. The zero-order chi connectivity index (χ0) is 13.8. The minimum Gasteiger partial charge on any atom is -0.495 e. The van der Waals surface area contributed by atoms with E-state index in [-0.39, 0.29) is 0 Å². The number of pyridine rings is 1. The Balaban J connectivity index is 2.32. The molecule has 0 aliphatic heterocycles. The molecule has 5 heteroatoms. The third-order valence-corrected chi connectivity index (χ3v) is 2.74. The van der Waals surface area contributed by atoms with Gasteiger partial charge in [0.15, 0.2) is 0 Å². The summed E-state index contributed by atoms with van der Waals surface area (Å²) in [4.78, 5) is 4.20. The predicted octanol–water partition coefficient (Wildman–Crippen LogP) is 2.60. The second kappa shape index (κ2) is 5.27. The van der Waals surface area contributed by atoms with Gasteiger partial charge in [-0.25, -0.2) is 4.98 Å². The summed E-state index contributed by atoms with van der Waals surface area (Å²) in [6.07, 6.45) is 1.60. The van der Waals surface area contributed by atoms with Crippen molar-refractivity contribution in [1.82, 2.24) is 4.98 Å². The second-order valence-corrected chi connectivity index (χ2v) is 4.08. The van der Waals surface area contributed by atoms with Gasteiger partial charge in [-0.1, -0.05) is 0 Å². The Labute approximate surface area is 111 Å². The zero-order valence-electron chi connectivity index (χ0n) is 10.8. The van der Waals surface area contributed by atoms with Crippen LogP contribution >= 0.6 is 0 Å². The predicted molar refractivity (Wildman–Crippen MR) is 74.4 cm³/mol. The Morgan fingerprint density at radius 3 is 2.79 bits per heavy atom. The number of rotatable bonds is 3. The fourth-order valence-corrected chi connectivity index (χ4v) is 1.64. The first-order chi connectivity index (χ1) is 9.13. The van der Waals surface area contributed by atoms with E-state index >= 15 is 0 Å². The number of hydrogen-bond donors (Lipinski definition) is 2. The SMILES string of the molecule is COc1cc(C#N)ccc1Nc1cc(C)c(N)cn1. The van der Waals surface area contributed by atoms with E-state index in [0.717, 1.165) is 11.3 Å². The summed E-state index contributed by atoms with van der Waals surface area (Å²) in [5.74, 6) is 1.27. The van der Waals surface area contributed by atoms with Crippen molar-refractivity contribution in [3.8, 4) is 11.8 Å². The van der Waals surface area contributed by atoms with Gasteiger partial charge in [-0.3, -0.25) is 0 Å². The quantitative estimate of drug-likeness (QED) is 0.879. The summed E-state index contributed by atoms with van der Waals surface area (Å²) < 4.78 is 5.25. The zero-order valence-corrected chi connectivity index (χ0v) is 10.8. The molecule has 0 bridgehead atoms. The molecule has 1 aromatic carbocycles. The van der Waals surface area contributed by atoms with Crippen LogP contribution in [0.1, 0.15) is 11.1 Å². The van der Waals surface area contributed by atoms with E-state index in [4.69, 9.17) is 15.7 Å². The number of nitrogens with one attached hydrogen (secondary N) is 1. The van der Waals surface area contributed by atoms with Gasteiger partial charge in [0.25, 0.3) is 0 Å². The van der Waals surface area contributed by atoms with Gasteiger partial charge in [-0.15, -0.1) is 0 Å². The molecule has 0 amide bonds. The lowest BCUT2D eigenvalue weighted by atomic mass is 10.2. The third-order valence-electron chi connectivity index (χ3n) is 2.74. The van der Waals surface area contributed by atoms with Gasteiger partial charge < -0.3 is 15.8 Å². The monoisotopic (exact) mass is 254 g/mol. The average molecular weight is 254 g/mol. The summed E-state index contributed by atoms with van der Waals surface area (Å²) in [7, 11) is 1.56. The number of nitrogen functional groups attached to an aromatic ring is 1. The highest BCUT2D eigenvalue weighted by Crippen LogP contribution is 2.28. The molecule has 0 saturated carbocycles. The van der Waals surface area contributed by atoms with Crippen LogP contribution in [0.2, 0.25) is 0 Å². The Morgan fingerprint density at radius 1 is 1.37 bits per heavy atom. The average Bonchev–Trinajstić information content (AvgIpc) is 2.43. The van der Waals surface area contributed by atoms with E-state index in [1.54, 1.807) is 31.5 Å². The number of ether oxygens (including phenoxy) is 1. The first kappa shape index (κ1) is 12.7. The van der Waals surface area contributed by atoms with Gasteiger partial charge in [-0.05, 0) is 30.7 Å². The van der Waals surface area contributed by atoms with Crippen molar-refractivity contribution in [2.75, 3.05) is 18.2 Å². The molecule has 2 rings (SSSR count). The van der Waals surface area contributed by atoms with Crippen LogP contribution in [0.3, 0.4) is 0 Å². The van der Waals surface area contributed by atoms with Gasteiger partial charge in [0, 0.05) is 6.07 Å². The maximum absolute atomic E-state index is 8.85. The lowest BCUT2D eigenvalue weighted by molar-refractivity contribution is 0.416. The Bertz CT molecular complexity index is 646. The number of aromatic nitrogens is 1. The van der Waals surface area contributed by atoms with Gasteiger partial charge in [0.2, 0.25) is 0 Å². The first-order valence-electron chi connectivity index (χ1n) is 5.71. The lowest BCUT2D eigenvalue weighted by Crippen LogP contribution is -1.99. The van der Waals surface area contributed by atoms with E-state index in [1.807, 2.05) is 13.0 Å². The van der Waals surface area contributed by atoms with Gasteiger partial charge in [0.1, 0.15) is 11.6 Å². The van der Waals surface area contributed by atoms with E-state index in [9.17, 15) is 0 Å². The molecule has 0 spiro atoms. The maximum Gasteiger partial charge on any atom is 0.143 e. The van der Waals surface area contributed by atoms with Crippen LogP contribution in [-0.4, -0.2) is 12.1 Å². The smallest absolute Gasteiger partial charge is 0.143 e. The van der Waals surface area contributed by atoms with E-state index in [0.29, 0.717) is 22.8 Å². The number of benzene rings is 1. The molecular formula is C14H14N4O. The molecule has 19 heavy (non-hydrogen) atoms. The van der Waals surface area contributed by atoms with Crippen molar-refractivity contribution in [3.05, 3.63) is 41.6 Å². The molecule has 0 unspecified atom stereocenters. The summed E-state index contributed by atoms with van der Waals surface area (Å²) in [6, 6.07) is 9.10. The molecule has 0 atom stereocenters. The van der Waals surface area contributed by atoms with Crippen molar-refractivity contribution in [1.29, 1.82) is 5.26 Å². The summed E-state index contributed by atoms with van der Waals surface area (Å²) >= 11 is 0. The van der Waals surface area contributed by atoms with Crippen LogP contribution in [0.4, 0.5) is 17.2 Å². The fraction of sp³-hybridized carbons (Fsp3) is 0.143. The molecule has 0 aliphatic rings. The molecule has 0 radical (unpaired) electrons. The minimum absolute atomic E-state index is 0.545. The largest absolute Gasteiger partial charge is 0.495 e. The third kappa shape index (κ3) is 2.75. The van der Waals surface area contributed by atoms with E-state index < -0.39 is 0 Å². The lowest BCUT2D eigenvalue weighted by Gasteiger charge is -2.11. The molecule has 3 N–H and O–H groups in total. The number of nitrogens with zero attached hydrogens (tertiary/aromatic N) is 2. The fourth-order valence-electron chi connectivity index (χ4n) is 1.64. The van der Waals surface area contributed by atoms with Gasteiger partial charge in [-0.2, -0.15) is 5.26 Å². The standard InChI is InChI=1S/C14H14N4O/c1-9-5-14(17-8-11(9)16)18-12-4-3-10(7-15)6-13(12)19-2/h3-6,8H,16H2,1-2H3,(H,17,18). The van der Waals surface area contributed by atoms with Crippen molar-refractivity contribution < 1.29 is 4.74 Å². The van der Waals surface area contributed by atoms with Crippen molar-refractivity contribution in [2.45, 2.75) is 6.92 Å². The topological polar surface area (TPSA) is 84.0 Å².